The van der Waals surface area contributed by atoms with Gasteiger partial charge in [-0.15, -0.1) is 0 Å². The number of hydrogen-bond donors (Lipinski definition) is 2. The molecule has 1 aromatic carbocycles. The van der Waals surface area contributed by atoms with E-state index in [1.165, 1.54) is 6.07 Å². The van der Waals surface area contributed by atoms with Gasteiger partial charge >= 0.3 is 0 Å². The highest BCUT2D eigenvalue weighted by Gasteiger charge is 2.22. The Morgan fingerprint density at radius 3 is 2.80 bits per heavy atom. The Morgan fingerprint density at radius 2 is 2.20 bits per heavy atom. The molecule has 0 aliphatic carbocycles. The first-order chi connectivity index (χ1) is 9.31. The molecule has 1 aromatic heterocycles. The molecule has 2 rings (SSSR count). The number of aryl methyl sites for hydroxylation is 1. The summed E-state index contributed by atoms with van der Waals surface area (Å²) in [5.74, 6) is -0.372. The van der Waals surface area contributed by atoms with Crippen molar-refractivity contribution in [1.29, 1.82) is 0 Å². The number of sulfonamides is 1. The van der Waals surface area contributed by atoms with Gasteiger partial charge in [0.25, 0.3) is 0 Å². The van der Waals surface area contributed by atoms with Gasteiger partial charge in [-0.3, -0.25) is 0 Å². The Kier molecular flexibility index (Phi) is 4.11. The van der Waals surface area contributed by atoms with Crippen LogP contribution in [0, 0.1) is 5.82 Å². The summed E-state index contributed by atoms with van der Waals surface area (Å²) >= 11 is 2.93. The molecule has 6 nitrogen and oxygen atoms in total. The number of nitrogens with two attached hydrogens (primary N) is 1. The fourth-order valence-electron chi connectivity index (χ4n) is 1.58. The quantitative estimate of drug-likeness (QED) is 0.804. The molecule has 0 bridgehead atoms. The topological polar surface area (TPSA) is 90.0 Å². The van der Waals surface area contributed by atoms with E-state index in [0.29, 0.717) is 5.82 Å². The zero-order valence-electron chi connectivity index (χ0n) is 10.5. The van der Waals surface area contributed by atoms with Gasteiger partial charge in [-0.2, -0.15) is 0 Å². The predicted octanol–water partition coefficient (Wildman–Crippen LogP) is 1.38. The standard InChI is InChI=1S/C11H12BrFN4O2S/c1-17-3-2-15-10(17)6-16-20(18,19)9-5-7(14)4-8(12)11(9)13/h2-5,16H,6,14H2,1H3. The summed E-state index contributed by atoms with van der Waals surface area (Å²) < 4.78 is 42.0. The number of aromatic nitrogens is 2. The van der Waals surface area contributed by atoms with Gasteiger partial charge in [-0.1, -0.05) is 0 Å². The van der Waals surface area contributed by atoms with Crippen LogP contribution in [0.2, 0.25) is 0 Å². The van der Waals surface area contributed by atoms with Gasteiger partial charge in [0, 0.05) is 25.1 Å². The van der Waals surface area contributed by atoms with E-state index in [1.54, 1.807) is 24.0 Å². The third kappa shape index (κ3) is 3.00. The van der Waals surface area contributed by atoms with E-state index in [-0.39, 0.29) is 16.7 Å². The summed E-state index contributed by atoms with van der Waals surface area (Å²) in [5, 5.41) is 0. The van der Waals surface area contributed by atoms with Gasteiger partial charge in [-0.05, 0) is 28.1 Å². The summed E-state index contributed by atoms with van der Waals surface area (Å²) in [4.78, 5) is 3.48. The maximum absolute atomic E-state index is 13.9. The fraction of sp³-hybridized carbons (Fsp3) is 0.182. The van der Waals surface area contributed by atoms with Crippen molar-refractivity contribution in [3.05, 3.63) is 40.6 Å². The molecule has 0 saturated heterocycles. The minimum Gasteiger partial charge on any atom is -0.399 e. The summed E-state index contributed by atoms with van der Waals surface area (Å²) in [5.41, 5.74) is 5.68. The molecule has 0 spiro atoms. The second kappa shape index (κ2) is 5.51. The van der Waals surface area contributed by atoms with Gasteiger partial charge in [0.05, 0.1) is 11.0 Å². The van der Waals surface area contributed by atoms with E-state index < -0.39 is 20.7 Å². The van der Waals surface area contributed by atoms with Crippen molar-refractivity contribution in [1.82, 2.24) is 14.3 Å². The molecular weight excluding hydrogens is 351 g/mol. The van der Waals surface area contributed by atoms with Crippen LogP contribution in [0.1, 0.15) is 5.82 Å². The molecule has 0 radical (unpaired) electrons. The molecule has 2 aromatic rings. The number of nitrogen functional groups attached to an aromatic ring is 1. The van der Waals surface area contributed by atoms with Crippen LogP contribution in [-0.4, -0.2) is 18.0 Å². The molecule has 9 heteroatoms. The summed E-state index contributed by atoms with van der Waals surface area (Å²) in [6.07, 6.45) is 3.22. The minimum atomic E-state index is -4.02. The maximum atomic E-state index is 13.9. The van der Waals surface area contributed by atoms with Crippen molar-refractivity contribution >= 4 is 31.6 Å². The molecule has 0 saturated carbocycles. The van der Waals surface area contributed by atoms with Gasteiger partial charge in [0.2, 0.25) is 10.0 Å². The summed E-state index contributed by atoms with van der Waals surface area (Å²) in [6, 6.07) is 2.37. The van der Waals surface area contributed by atoms with Crippen LogP contribution in [0.4, 0.5) is 10.1 Å². The van der Waals surface area contributed by atoms with Crippen molar-refractivity contribution in [2.75, 3.05) is 5.73 Å². The first-order valence-electron chi connectivity index (χ1n) is 5.51. The molecule has 0 atom stereocenters. The molecule has 1 heterocycles. The van der Waals surface area contributed by atoms with E-state index in [1.807, 2.05) is 0 Å². The van der Waals surface area contributed by atoms with Crippen LogP contribution in [0.15, 0.2) is 33.9 Å². The lowest BCUT2D eigenvalue weighted by Crippen LogP contribution is -2.25. The number of hydrogen-bond acceptors (Lipinski definition) is 4. The highest BCUT2D eigenvalue weighted by Crippen LogP contribution is 2.26. The van der Waals surface area contributed by atoms with Crippen molar-refractivity contribution in [2.45, 2.75) is 11.4 Å². The monoisotopic (exact) mass is 362 g/mol. The number of nitrogens with zero attached hydrogens (tertiary/aromatic N) is 2. The van der Waals surface area contributed by atoms with Gasteiger partial charge in [0.1, 0.15) is 10.7 Å². The van der Waals surface area contributed by atoms with E-state index in [4.69, 9.17) is 5.73 Å². The summed E-state index contributed by atoms with van der Waals surface area (Å²) in [6.45, 7) is -0.0440. The van der Waals surface area contributed by atoms with Crippen LogP contribution in [0.25, 0.3) is 0 Å². The van der Waals surface area contributed by atoms with Crippen LogP contribution in [0.5, 0.6) is 0 Å². The predicted molar refractivity (Wildman–Crippen MR) is 75.7 cm³/mol. The van der Waals surface area contributed by atoms with Crippen molar-refractivity contribution < 1.29 is 12.8 Å². The Balaban J connectivity index is 2.29. The SMILES string of the molecule is Cn1ccnc1CNS(=O)(=O)c1cc(N)cc(Br)c1F. The number of nitrogens with one attached hydrogen (secondary N) is 1. The highest BCUT2D eigenvalue weighted by molar-refractivity contribution is 9.10. The van der Waals surface area contributed by atoms with E-state index in [9.17, 15) is 12.8 Å². The number of anilines is 1. The fourth-order valence-corrected chi connectivity index (χ4v) is 3.30. The van der Waals surface area contributed by atoms with Gasteiger partial charge < -0.3 is 10.3 Å². The molecule has 20 heavy (non-hydrogen) atoms. The second-order valence-corrected chi connectivity index (χ2v) is 6.68. The van der Waals surface area contributed by atoms with Crippen LogP contribution < -0.4 is 10.5 Å². The Bertz CT molecular complexity index is 745. The van der Waals surface area contributed by atoms with Crippen LogP contribution in [0.3, 0.4) is 0 Å². The number of benzene rings is 1. The van der Waals surface area contributed by atoms with E-state index in [2.05, 4.69) is 25.6 Å². The molecule has 0 fully saturated rings. The normalized spacial score (nSPS) is 11.8. The Hall–Kier alpha value is -1.45. The molecule has 0 unspecified atom stereocenters. The molecule has 3 N–H and O–H groups in total. The lowest BCUT2D eigenvalue weighted by atomic mass is 10.3. The molecule has 108 valence electrons. The lowest BCUT2D eigenvalue weighted by molar-refractivity contribution is 0.552. The third-order valence-electron chi connectivity index (χ3n) is 2.65. The number of halogens is 2. The second-order valence-electron chi connectivity index (χ2n) is 4.09. The van der Waals surface area contributed by atoms with Crippen LogP contribution in [-0.2, 0) is 23.6 Å². The lowest BCUT2D eigenvalue weighted by Gasteiger charge is -2.09. The molecule has 0 amide bonds. The number of imidazole rings is 1. The van der Waals surface area contributed by atoms with E-state index >= 15 is 0 Å². The largest absolute Gasteiger partial charge is 0.399 e. The van der Waals surface area contributed by atoms with Crippen molar-refractivity contribution in [2.24, 2.45) is 7.05 Å². The smallest absolute Gasteiger partial charge is 0.244 e. The average Bonchev–Trinajstić information content (AvgIpc) is 2.77. The van der Waals surface area contributed by atoms with Gasteiger partial charge in [-0.25, -0.2) is 22.5 Å². The maximum Gasteiger partial charge on any atom is 0.244 e. The highest BCUT2D eigenvalue weighted by atomic mass is 79.9. The zero-order chi connectivity index (χ0) is 14.9. The molecule has 0 aliphatic rings. The van der Waals surface area contributed by atoms with Crippen LogP contribution >= 0.6 is 15.9 Å². The first kappa shape index (κ1) is 14.9. The Morgan fingerprint density at radius 1 is 1.50 bits per heavy atom. The summed E-state index contributed by atoms with van der Waals surface area (Å²) in [7, 11) is -2.29. The minimum absolute atomic E-state index is 0.00475. The zero-order valence-corrected chi connectivity index (χ0v) is 12.9. The van der Waals surface area contributed by atoms with Crippen molar-refractivity contribution in [3.8, 4) is 0 Å². The molecule has 0 aliphatic heterocycles. The number of rotatable bonds is 4. The van der Waals surface area contributed by atoms with Gasteiger partial charge in [0.15, 0.2) is 5.82 Å². The molecular formula is C11H12BrFN4O2S. The van der Waals surface area contributed by atoms with E-state index in [0.717, 1.165) is 6.07 Å². The van der Waals surface area contributed by atoms with Crippen molar-refractivity contribution in [3.63, 3.8) is 0 Å². The first-order valence-corrected chi connectivity index (χ1v) is 7.79. The third-order valence-corrected chi connectivity index (χ3v) is 4.63. The Labute approximate surface area is 124 Å². The average molecular weight is 363 g/mol.